The van der Waals surface area contributed by atoms with Crippen LogP contribution in [0.3, 0.4) is 0 Å². The number of carbonyl (C=O) groups is 1. The van der Waals surface area contributed by atoms with Crippen LogP contribution in [-0.2, 0) is 12.8 Å². The van der Waals surface area contributed by atoms with E-state index in [4.69, 9.17) is 4.74 Å². The number of hydrogen-bond acceptors (Lipinski definition) is 4. The van der Waals surface area contributed by atoms with Crippen LogP contribution >= 0.6 is 0 Å². The summed E-state index contributed by atoms with van der Waals surface area (Å²) in [4.78, 5) is 11.8. The van der Waals surface area contributed by atoms with Gasteiger partial charge >= 0.3 is 5.97 Å². The van der Waals surface area contributed by atoms with Gasteiger partial charge in [-0.05, 0) is 32.1 Å². The Labute approximate surface area is 176 Å². The van der Waals surface area contributed by atoms with Crippen molar-refractivity contribution in [3.63, 3.8) is 0 Å². The maximum absolute atomic E-state index is 11.8. The molecule has 29 heavy (non-hydrogen) atoms. The van der Waals surface area contributed by atoms with Crippen LogP contribution in [0.5, 0.6) is 17.2 Å². The molecule has 0 aliphatic rings. The summed E-state index contributed by atoms with van der Waals surface area (Å²) in [5, 5.41) is 30.7. The van der Waals surface area contributed by atoms with Crippen molar-refractivity contribution in [3.8, 4) is 17.2 Å². The Morgan fingerprint density at radius 3 is 1.72 bits per heavy atom. The highest BCUT2D eigenvalue weighted by Crippen LogP contribution is 2.44. The van der Waals surface area contributed by atoms with E-state index >= 15 is 0 Å². The zero-order valence-corrected chi connectivity index (χ0v) is 18.6. The van der Waals surface area contributed by atoms with Gasteiger partial charge in [0.1, 0.15) is 11.3 Å². The molecule has 166 valence electrons. The summed E-state index contributed by atoms with van der Waals surface area (Å²) in [7, 11) is 0. The Bertz CT molecular complexity index is 624. The number of carboxylic acids is 1. The minimum atomic E-state index is -1.27. The van der Waals surface area contributed by atoms with Crippen molar-refractivity contribution in [1.82, 2.24) is 0 Å². The van der Waals surface area contributed by atoms with Crippen LogP contribution in [0.1, 0.15) is 113 Å². The molecule has 0 aliphatic heterocycles. The van der Waals surface area contributed by atoms with Gasteiger partial charge in [-0.15, -0.1) is 0 Å². The number of ether oxygens (including phenoxy) is 1. The van der Waals surface area contributed by atoms with E-state index in [9.17, 15) is 20.1 Å². The van der Waals surface area contributed by atoms with E-state index in [1.54, 1.807) is 0 Å². The quantitative estimate of drug-likeness (QED) is 0.212. The molecule has 1 aromatic carbocycles. The predicted molar refractivity (Wildman–Crippen MR) is 117 cm³/mol. The molecule has 0 radical (unpaired) electrons. The highest BCUT2D eigenvalue weighted by atomic mass is 16.5. The standard InChI is InChI=1S/C24H40O5/c1-4-7-9-11-13-15-18-19(16-14-12-10-8-5-2)23(29-17-6-3)20(24(27)28)22(26)21(18)25/h25-26H,4-17H2,1-3H3,(H,27,28). The monoisotopic (exact) mass is 408 g/mol. The Hall–Kier alpha value is -1.91. The number of aromatic carboxylic acids is 1. The first-order chi connectivity index (χ1) is 14.0. The second kappa shape index (κ2) is 14.1. The summed E-state index contributed by atoms with van der Waals surface area (Å²) in [5.74, 6) is -1.88. The maximum atomic E-state index is 11.8. The molecule has 3 N–H and O–H groups in total. The minimum Gasteiger partial charge on any atom is -0.504 e. The topological polar surface area (TPSA) is 87.0 Å². The van der Waals surface area contributed by atoms with Gasteiger partial charge in [0.05, 0.1) is 6.61 Å². The Morgan fingerprint density at radius 1 is 0.724 bits per heavy atom. The fourth-order valence-electron chi connectivity index (χ4n) is 3.71. The first-order valence-electron chi connectivity index (χ1n) is 11.4. The summed E-state index contributed by atoms with van der Waals surface area (Å²) in [6.07, 6.45) is 12.9. The molecule has 0 atom stereocenters. The molecule has 5 nitrogen and oxygen atoms in total. The maximum Gasteiger partial charge on any atom is 0.343 e. The highest BCUT2D eigenvalue weighted by molar-refractivity contribution is 5.96. The molecule has 0 saturated heterocycles. The summed E-state index contributed by atoms with van der Waals surface area (Å²) >= 11 is 0. The van der Waals surface area contributed by atoms with Crippen molar-refractivity contribution >= 4 is 5.97 Å². The van der Waals surface area contributed by atoms with E-state index in [0.29, 0.717) is 25.0 Å². The van der Waals surface area contributed by atoms with Gasteiger partial charge in [0.25, 0.3) is 0 Å². The van der Waals surface area contributed by atoms with Gasteiger partial charge in [0.2, 0.25) is 0 Å². The number of unbranched alkanes of at least 4 members (excludes halogenated alkanes) is 8. The molecule has 0 saturated carbocycles. The second-order valence-corrected chi connectivity index (χ2v) is 7.84. The van der Waals surface area contributed by atoms with Gasteiger partial charge in [0.15, 0.2) is 11.5 Å². The van der Waals surface area contributed by atoms with Crippen LogP contribution in [0.15, 0.2) is 0 Å². The number of carboxylic acid groups (broad SMARTS) is 1. The normalized spacial score (nSPS) is 11.0. The van der Waals surface area contributed by atoms with Crippen molar-refractivity contribution in [2.75, 3.05) is 6.61 Å². The van der Waals surface area contributed by atoms with Crippen LogP contribution in [-0.4, -0.2) is 27.9 Å². The van der Waals surface area contributed by atoms with Crippen LogP contribution < -0.4 is 4.74 Å². The predicted octanol–water partition coefficient (Wildman–Crippen LogP) is 6.61. The average Bonchev–Trinajstić information content (AvgIpc) is 2.70. The Balaban J connectivity index is 3.22. The van der Waals surface area contributed by atoms with Crippen molar-refractivity contribution in [2.45, 2.75) is 104 Å². The molecule has 0 amide bonds. The van der Waals surface area contributed by atoms with Crippen molar-refractivity contribution in [3.05, 3.63) is 16.7 Å². The molecule has 1 rings (SSSR count). The van der Waals surface area contributed by atoms with Gasteiger partial charge in [-0.25, -0.2) is 4.79 Å². The number of rotatable bonds is 16. The molecule has 0 aliphatic carbocycles. The molecule has 1 aromatic rings. The fourth-order valence-corrected chi connectivity index (χ4v) is 3.71. The number of hydrogen-bond donors (Lipinski definition) is 3. The van der Waals surface area contributed by atoms with Gasteiger partial charge in [-0.2, -0.15) is 0 Å². The zero-order chi connectivity index (χ0) is 21.6. The van der Waals surface area contributed by atoms with Crippen LogP contribution in [0, 0.1) is 0 Å². The summed E-state index contributed by atoms with van der Waals surface area (Å²) in [5.41, 5.74) is 1.11. The van der Waals surface area contributed by atoms with Crippen LogP contribution in [0.25, 0.3) is 0 Å². The minimum absolute atomic E-state index is 0.244. The summed E-state index contributed by atoms with van der Waals surface area (Å²) in [6, 6.07) is 0. The van der Waals surface area contributed by atoms with E-state index in [0.717, 1.165) is 63.4 Å². The molecule has 5 heteroatoms. The molecule has 0 fully saturated rings. The van der Waals surface area contributed by atoms with Gasteiger partial charge in [-0.3, -0.25) is 0 Å². The van der Waals surface area contributed by atoms with Crippen molar-refractivity contribution in [2.24, 2.45) is 0 Å². The third-order valence-corrected chi connectivity index (χ3v) is 5.34. The van der Waals surface area contributed by atoms with Gasteiger partial charge < -0.3 is 20.1 Å². The SMILES string of the molecule is CCCCCCCc1c(O)c(O)c(C(=O)O)c(OCCC)c1CCCCCCC. The van der Waals surface area contributed by atoms with E-state index in [1.807, 2.05) is 6.92 Å². The van der Waals surface area contributed by atoms with E-state index < -0.39 is 11.7 Å². The number of phenolic OH excluding ortho intramolecular Hbond substituents is 1. The van der Waals surface area contributed by atoms with Gasteiger partial charge in [0, 0.05) is 11.1 Å². The Morgan fingerprint density at radius 2 is 1.24 bits per heavy atom. The highest BCUT2D eigenvalue weighted by Gasteiger charge is 2.28. The number of aromatic hydroxyl groups is 2. The lowest BCUT2D eigenvalue weighted by molar-refractivity contribution is 0.0687. The second-order valence-electron chi connectivity index (χ2n) is 7.84. The molecule has 0 bridgehead atoms. The lowest BCUT2D eigenvalue weighted by Gasteiger charge is -2.21. The third kappa shape index (κ3) is 7.79. The van der Waals surface area contributed by atoms with Crippen LogP contribution in [0.2, 0.25) is 0 Å². The number of benzene rings is 1. The first-order valence-corrected chi connectivity index (χ1v) is 11.4. The zero-order valence-electron chi connectivity index (χ0n) is 18.6. The summed E-state index contributed by atoms with van der Waals surface area (Å²) < 4.78 is 5.83. The molecule has 0 aromatic heterocycles. The van der Waals surface area contributed by atoms with Crippen molar-refractivity contribution < 1.29 is 24.9 Å². The fraction of sp³-hybridized carbons (Fsp3) is 0.708. The molecular weight excluding hydrogens is 368 g/mol. The average molecular weight is 409 g/mol. The van der Waals surface area contributed by atoms with Crippen molar-refractivity contribution in [1.29, 1.82) is 0 Å². The lowest BCUT2D eigenvalue weighted by Crippen LogP contribution is -2.10. The molecular formula is C24H40O5. The summed E-state index contributed by atoms with van der Waals surface area (Å²) in [6.45, 7) is 6.68. The van der Waals surface area contributed by atoms with E-state index in [1.165, 1.54) is 12.8 Å². The molecule has 0 spiro atoms. The third-order valence-electron chi connectivity index (χ3n) is 5.34. The largest absolute Gasteiger partial charge is 0.504 e. The Kier molecular flexibility index (Phi) is 12.2. The molecule has 0 heterocycles. The first kappa shape index (κ1) is 25.1. The molecule has 0 unspecified atom stereocenters. The van der Waals surface area contributed by atoms with E-state index in [2.05, 4.69) is 13.8 Å². The van der Waals surface area contributed by atoms with Crippen LogP contribution in [0.4, 0.5) is 0 Å². The smallest absolute Gasteiger partial charge is 0.343 e. The number of phenols is 2. The van der Waals surface area contributed by atoms with E-state index in [-0.39, 0.29) is 17.1 Å². The lowest BCUT2D eigenvalue weighted by atomic mass is 9.91. The van der Waals surface area contributed by atoms with Gasteiger partial charge in [-0.1, -0.05) is 72.1 Å².